The molecule has 0 saturated carbocycles. The van der Waals surface area contributed by atoms with Crippen molar-refractivity contribution in [2.75, 3.05) is 6.54 Å². The molecule has 0 aliphatic rings. The quantitative estimate of drug-likeness (QED) is 0.398. The van der Waals surface area contributed by atoms with Crippen molar-refractivity contribution in [2.24, 2.45) is 5.92 Å². The van der Waals surface area contributed by atoms with Crippen LogP contribution in [0.25, 0.3) is 11.0 Å². The Kier molecular flexibility index (Phi) is 6.12. The SMILES string of the molecule is CC(C)CN(Cc1nc2ccccc2n1Cc1ccccc1)C(=O)c1ccccc1F. The maximum Gasteiger partial charge on any atom is 0.257 e. The smallest absolute Gasteiger partial charge is 0.257 e. The molecule has 3 aromatic carbocycles. The molecule has 0 atom stereocenters. The Balaban J connectivity index is 1.73. The van der Waals surface area contributed by atoms with E-state index < -0.39 is 5.82 Å². The summed E-state index contributed by atoms with van der Waals surface area (Å²) < 4.78 is 16.5. The Bertz CT molecular complexity index is 1180. The molecule has 0 radical (unpaired) electrons. The zero-order chi connectivity index (χ0) is 21.8. The predicted octanol–water partition coefficient (Wildman–Crippen LogP) is 5.52. The summed E-state index contributed by atoms with van der Waals surface area (Å²) in [5, 5.41) is 0. The van der Waals surface area contributed by atoms with Gasteiger partial charge in [-0.2, -0.15) is 0 Å². The van der Waals surface area contributed by atoms with Gasteiger partial charge in [-0.15, -0.1) is 0 Å². The summed E-state index contributed by atoms with van der Waals surface area (Å²) in [6.07, 6.45) is 0. The fourth-order valence-electron chi connectivity index (χ4n) is 3.82. The van der Waals surface area contributed by atoms with Crippen LogP contribution in [0.2, 0.25) is 0 Å². The van der Waals surface area contributed by atoms with E-state index in [-0.39, 0.29) is 17.4 Å². The Morgan fingerprint density at radius 1 is 0.968 bits per heavy atom. The number of carbonyl (C=O) groups excluding carboxylic acids is 1. The molecule has 0 aliphatic heterocycles. The van der Waals surface area contributed by atoms with Crippen molar-refractivity contribution in [3.05, 3.63) is 102 Å². The fourth-order valence-corrected chi connectivity index (χ4v) is 3.82. The molecule has 4 nitrogen and oxygen atoms in total. The van der Waals surface area contributed by atoms with Gasteiger partial charge in [0, 0.05) is 13.1 Å². The summed E-state index contributed by atoms with van der Waals surface area (Å²) in [5.74, 6) is 0.210. The number of imidazole rings is 1. The van der Waals surface area contributed by atoms with Crippen LogP contribution in [0.5, 0.6) is 0 Å². The van der Waals surface area contributed by atoms with E-state index >= 15 is 0 Å². The summed E-state index contributed by atoms with van der Waals surface area (Å²) in [4.78, 5) is 19.8. The maximum atomic E-state index is 14.3. The molecule has 1 heterocycles. The van der Waals surface area contributed by atoms with E-state index in [1.165, 1.54) is 12.1 Å². The van der Waals surface area contributed by atoms with Crippen LogP contribution in [0.3, 0.4) is 0 Å². The molecular weight excluding hydrogens is 389 g/mol. The van der Waals surface area contributed by atoms with E-state index in [9.17, 15) is 9.18 Å². The van der Waals surface area contributed by atoms with E-state index in [1.807, 2.05) is 42.5 Å². The molecule has 0 saturated heterocycles. The van der Waals surface area contributed by atoms with E-state index in [0.717, 1.165) is 22.4 Å². The van der Waals surface area contributed by atoms with Crippen molar-refractivity contribution in [2.45, 2.75) is 26.9 Å². The molecule has 0 spiro atoms. The molecule has 0 aliphatic carbocycles. The van der Waals surface area contributed by atoms with Gasteiger partial charge in [-0.25, -0.2) is 9.37 Å². The molecule has 4 aromatic rings. The highest BCUT2D eigenvalue weighted by Gasteiger charge is 2.23. The van der Waals surface area contributed by atoms with Gasteiger partial charge in [0.1, 0.15) is 11.6 Å². The topological polar surface area (TPSA) is 38.1 Å². The van der Waals surface area contributed by atoms with Gasteiger partial charge in [-0.1, -0.05) is 68.4 Å². The number of benzene rings is 3. The van der Waals surface area contributed by atoms with Crippen LogP contribution >= 0.6 is 0 Å². The fraction of sp³-hybridized carbons (Fsp3) is 0.231. The lowest BCUT2D eigenvalue weighted by Gasteiger charge is -2.25. The standard InChI is InChI=1S/C26H26FN3O/c1-19(2)16-29(26(31)21-12-6-7-13-22(21)27)18-25-28-23-14-8-9-15-24(23)30(25)17-20-10-4-3-5-11-20/h3-15,19H,16-18H2,1-2H3. The summed E-state index contributed by atoms with van der Waals surface area (Å²) in [7, 11) is 0. The molecule has 1 aromatic heterocycles. The average Bonchev–Trinajstić information content (AvgIpc) is 3.10. The van der Waals surface area contributed by atoms with Gasteiger partial charge in [0.15, 0.2) is 0 Å². The van der Waals surface area contributed by atoms with Crippen molar-refractivity contribution in [3.8, 4) is 0 Å². The molecule has 0 unspecified atom stereocenters. The number of rotatable bonds is 7. The minimum absolute atomic E-state index is 0.0915. The average molecular weight is 416 g/mol. The second-order valence-electron chi connectivity index (χ2n) is 8.15. The van der Waals surface area contributed by atoms with Crippen molar-refractivity contribution < 1.29 is 9.18 Å². The molecule has 0 fully saturated rings. The summed E-state index contributed by atoms with van der Waals surface area (Å²) in [6, 6.07) is 24.3. The van der Waals surface area contributed by atoms with Crippen molar-refractivity contribution in [3.63, 3.8) is 0 Å². The number of carbonyl (C=O) groups is 1. The highest BCUT2D eigenvalue weighted by Crippen LogP contribution is 2.21. The summed E-state index contributed by atoms with van der Waals surface area (Å²) >= 11 is 0. The molecule has 0 N–H and O–H groups in total. The number of fused-ring (bicyclic) bond motifs is 1. The van der Waals surface area contributed by atoms with Gasteiger partial charge in [-0.05, 0) is 35.7 Å². The number of amides is 1. The first-order valence-corrected chi connectivity index (χ1v) is 10.5. The maximum absolute atomic E-state index is 14.3. The number of aromatic nitrogens is 2. The van der Waals surface area contributed by atoms with E-state index in [0.29, 0.717) is 19.6 Å². The minimum Gasteiger partial charge on any atom is -0.331 e. The van der Waals surface area contributed by atoms with Gasteiger partial charge in [-0.3, -0.25) is 4.79 Å². The third-order valence-electron chi connectivity index (χ3n) is 5.23. The van der Waals surface area contributed by atoms with Crippen LogP contribution < -0.4 is 0 Å². The van der Waals surface area contributed by atoms with E-state index in [4.69, 9.17) is 4.98 Å². The normalized spacial score (nSPS) is 11.2. The number of halogens is 1. The first kappa shape index (κ1) is 20.8. The lowest BCUT2D eigenvalue weighted by molar-refractivity contribution is 0.0711. The Morgan fingerprint density at radius 3 is 2.39 bits per heavy atom. The first-order valence-electron chi connectivity index (χ1n) is 10.5. The largest absolute Gasteiger partial charge is 0.331 e. The Morgan fingerprint density at radius 2 is 1.65 bits per heavy atom. The Labute approximate surface area is 182 Å². The highest BCUT2D eigenvalue weighted by molar-refractivity contribution is 5.94. The summed E-state index contributed by atoms with van der Waals surface area (Å²) in [5.41, 5.74) is 3.15. The van der Waals surface area contributed by atoms with Gasteiger partial charge in [0.25, 0.3) is 5.91 Å². The zero-order valence-corrected chi connectivity index (χ0v) is 17.8. The Hall–Kier alpha value is -3.47. The van der Waals surface area contributed by atoms with Crippen LogP contribution in [-0.4, -0.2) is 26.9 Å². The van der Waals surface area contributed by atoms with E-state index in [2.05, 4.69) is 30.5 Å². The van der Waals surface area contributed by atoms with Gasteiger partial charge < -0.3 is 9.47 Å². The first-order chi connectivity index (χ1) is 15.0. The monoisotopic (exact) mass is 415 g/mol. The van der Waals surface area contributed by atoms with Crippen LogP contribution in [0.4, 0.5) is 4.39 Å². The van der Waals surface area contributed by atoms with Gasteiger partial charge in [0.2, 0.25) is 0 Å². The number of hydrogen-bond donors (Lipinski definition) is 0. The predicted molar refractivity (Wildman–Crippen MR) is 121 cm³/mol. The molecule has 0 bridgehead atoms. The second-order valence-corrected chi connectivity index (χ2v) is 8.15. The van der Waals surface area contributed by atoms with Gasteiger partial charge >= 0.3 is 0 Å². The zero-order valence-electron chi connectivity index (χ0n) is 17.8. The minimum atomic E-state index is -0.501. The number of nitrogens with zero attached hydrogens (tertiary/aromatic N) is 3. The second kappa shape index (κ2) is 9.13. The molecule has 5 heteroatoms. The van der Waals surface area contributed by atoms with Crippen LogP contribution in [-0.2, 0) is 13.1 Å². The number of para-hydroxylation sites is 2. The van der Waals surface area contributed by atoms with Crippen LogP contribution in [0.15, 0.2) is 78.9 Å². The lowest BCUT2D eigenvalue weighted by Crippen LogP contribution is -2.35. The van der Waals surface area contributed by atoms with Crippen molar-refractivity contribution >= 4 is 16.9 Å². The molecular formula is C26H26FN3O. The molecule has 31 heavy (non-hydrogen) atoms. The van der Waals surface area contributed by atoms with Crippen LogP contribution in [0.1, 0.15) is 35.6 Å². The third-order valence-corrected chi connectivity index (χ3v) is 5.23. The van der Waals surface area contributed by atoms with Crippen molar-refractivity contribution in [1.29, 1.82) is 0 Å². The molecule has 158 valence electrons. The molecule has 4 rings (SSSR count). The highest BCUT2D eigenvalue weighted by atomic mass is 19.1. The third kappa shape index (κ3) is 4.66. The molecule has 1 amide bonds. The van der Waals surface area contributed by atoms with Gasteiger partial charge in [0.05, 0.1) is 23.1 Å². The summed E-state index contributed by atoms with van der Waals surface area (Å²) in [6.45, 7) is 5.58. The van der Waals surface area contributed by atoms with Crippen molar-refractivity contribution in [1.82, 2.24) is 14.5 Å². The van der Waals surface area contributed by atoms with E-state index in [1.54, 1.807) is 17.0 Å². The van der Waals surface area contributed by atoms with Crippen LogP contribution in [0, 0.1) is 11.7 Å². The number of hydrogen-bond acceptors (Lipinski definition) is 2. The lowest BCUT2D eigenvalue weighted by atomic mass is 10.1.